The zero-order chi connectivity index (χ0) is 9.26. The van der Waals surface area contributed by atoms with E-state index in [-0.39, 0.29) is 6.04 Å². The van der Waals surface area contributed by atoms with Crippen LogP contribution in [0.4, 0.5) is 0 Å². The fourth-order valence-electron chi connectivity index (χ4n) is 1.15. The van der Waals surface area contributed by atoms with E-state index in [1.807, 2.05) is 11.4 Å². The summed E-state index contributed by atoms with van der Waals surface area (Å²) in [5.41, 5.74) is 6.99. The molecule has 0 aliphatic heterocycles. The normalized spacial score (nSPS) is 13.1. The molecule has 4 heteroatoms. The summed E-state index contributed by atoms with van der Waals surface area (Å²) in [5.74, 6) is 0. The molecule has 68 valence electrons. The molecule has 0 aliphatic rings. The van der Waals surface area contributed by atoms with Crippen LogP contribution in [0.25, 0.3) is 0 Å². The number of nitrogens with two attached hydrogens (primary N) is 1. The third-order valence-corrected chi connectivity index (χ3v) is 3.50. The van der Waals surface area contributed by atoms with E-state index in [0.717, 1.165) is 5.69 Å². The number of rotatable bonds is 2. The van der Waals surface area contributed by atoms with Gasteiger partial charge in [0.15, 0.2) is 0 Å². The number of aromatic nitrogens is 1. The molecule has 2 heterocycles. The maximum atomic E-state index is 6.03. The highest BCUT2D eigenvalue weighted by molar-refractivity contribution is 7.12. The minimum absolute atomic E-state index is 0.0510. The second-order valence-electron chi connectivity index (χ2n) is 2.85. The smallest absolute Gasteiger partial charge is 0.0831 e. The topological polar surface area (TPSA) is 38.9 Å². The third kappa shape index (κ3) is 1.80. The predicted octanol–water partition coefficient (Wildman–Crippen LogP) is 2.56. The highest BCUT2D eigenvalue weighted by Gasteiger charge is 2.11. The molecule has 0 bridgehead atoms. The molecule has 0 radical (unpaired) electrons. The Morgan fingerprint density at radius 2 is 2.23 bits per heavy atom. The lowest BCUT2D eigenvalue weighted by molar-refractivity contribution is 0.866. The fraction of sp³-hybridized carbons (Fsp3) is 0.222. The second kappa shape index (κ2) is 3.57. The predicted molar refractivity (Wildman–Crippen MR) is 57.2 cm³/mol. The molecule has 0 aromatic carbocycles. The van der Waals surface area contributed by atoms with Gasteiger partial charge in [-0.05, 0) is 36.7 Å². The second-order valence-corrected chi connectivity index (χ2v) is 4.84. The Hall–Kier alpha value is -0.710. The van der Waals surface area contributed by atoms with E-state index in [1.54, 1.807) is 11.3 Å². The molecule has 2 aromatic heterocycles. The van der Waals surface area contributed by atoms with Crippen molar-refractivity contribution in [2.45, 2.75) is 13.0 Å². The summed E-state index contributed by atoms with van der Waals surface area (Å²) in [5, 5.41) is 1.95. The summed E-state index contributed by atoms with van der Waals surface area (Å²) >= 11 is 3.18. The van der Waals surface area contributed by atoms with Gasteiger partial charge in [-0.3, -0.25) is 0 Å². The molecule has 1 atom stereocenters. The molecule has 2 nitrogen and oxygen atoms in total. The summed E-state index contributed by atoms with van der Waals surface area (Å²) < 4.78 is 4.23. The third-order valence-electron chi connectivity index (χ3n) is 1.84. The fourth-order valence-corrected chi connectivity index (χ4v) is 2.60. The van der Waals surface area contributed by atoms with Crippen molar-refractivity contribution >= 4 is 22.9 Å². The Kier molecular flexibility index (Phi) is 2.44. The van der Waals surface area contributed by atoms with Crippen molar-refractivity contribution in [2.24, 2.45) is 5.73 Å². The van der Waals surface area contributed by atoms with Gasteiger partial charge in [-0.15, -0.1) is 11.3 Å². The van der Waals surface area contributed by atoms with Crippen LogP contribution in [0, 0.1) is 6.92 Å². The number of nitrogens with zero attached hydrogens (tertiary/aromatic N) is 1. The largest absolute Gasteiger partial charge is 0.318 e. The first-order valence-electron chi connectivity index (χ1n) is 3.99. The zero-order valence-electron chi connectivity index (χ0n) is 7.23. The van der Waals surface area contributed by atoms with Crippen molar-refractivity contribution in [1.29, 1.82) is 0 Å². The van der Waals surface area contributed by atoms with Gasteiger partial charge >= 0.3 is 0 Å². The van der Waals surface area contributed by atoms with Crippen LogP contribution in [-0.2, 0) is 0 Å². The molecular formula is C9H10N2S2. The molecule has 1 unspecified atom stereocenters. The van der Waals surface area contributed by atoms with E-state index in [0.29, 0.717) is 0 Å². The van der Waals surface area contributed by atoms with Gasteiger partial charge in [0.25, 0.3) is 0 Å². The summed E-state index contributed by atoms with van der Waals surface area (Å²) in [6, 6.07) is 6.09. The quantitative estimate of drug-likeness (QED) is 0.827. The van der Waals surface area contributed by atoms with Gasteiger partial charge in [0.2, 0.25) is 0 Å². The van der Waals surface area contributed by atoms with Crippen LogP contribution in [0.2, 0.25) is 0 Å². The minimum atomic E-state index is -0.0510. The highest BCUT2D eigenvalue weighted by Crippen LogP contribution is 2.25. The Morgan fingerprint density at radius 1 is 1.38 bits per heavy atom. The number of aryl methyl sites for hydroxylation is 1. The van der Waals surface area contributed by atoms with Gasteiger partial charge in [0.1, 0.15) is 0 Å². The first-order chi connectivity index (χ1) is 6.27. The Labute approximate surface area is 85.2 Å². The number of thiophene rings is 1. The van der Waals surface area contributed by atoms with Crippen molar-refractivity contribution in [3.63, 3.8) is 0 Å². The van der Waals surface area contributed by atoms with Gasteiger partial charge in [-0.2, -0.15) is 4.37 Å². The molecule has 13 heavy (non-hydrogen) atoms. The average molecular weight is 210 g/mol. The lowest BCUT2D eigenvalue weighted by Gasteiger charge is -2.04. The van der Waals surface area contributed by atoms with E-state index in [1.165, 1.54) is 21.3 Å². The van der Waals surface area contributed by atoms with Crippen LogP contribution in [0.3, 0.4) is 0 Å². The van der Waals surface area contributed by atoms with Gasteiger partial charge in [0.05, 0.1) is 11.7 Å². The van der Waals surface area contributed by atoms with Crippen molar-refractivity contribution in [1.82, 2.24) is 4.37 Å². The van der Waals surface area contributed by atoms with Crippen LogP contribution in [0.15, 0.2) is 23.6 Å². The highest BCUT2D eigenvalue weighted by atomic mass is 32.1. The van der Waals surface area contributed by atoms with Gasteiger partial charge < -0.3 is 5.73 Å². The number of hydrogen-bond donors (Lipinski definition) is 1. The van der Waals surface area contributed by atoms with E-state index in [4.69, 9.17) is 5.73 Å². The van der Waals surface area contributed by atoms with E-state index in [9.17, 15) is 0 Å². The lowest BCUT2D eigenvalue weighted by atomic mass is 10.2. The Morgan fingerprint density at radius 3 is 2.77 bits per heavy atom. The summed E-state index contributed by atoms with van der Waals surface area (Å²) in [6.45, 7) is 2.09. The van der Waals surface area contributed by atoms with Crippen LogP contribution in [0.5, 0.6) is 0 Å². The first-order valence-corrected chi connectivity index (χ1v) is 5.65. The number of hydrogen-bond acceptors (Lipinski definition) is 4. The van der Waals surface area contributed by atoms with Gasteiger partial charge in [0, 0.05) is 15.1 Å². The Balaban J connectivity index is 2.28. The summed E-state index contributed by atoms with van der Waals surface area (Å²) in [6.07, 6.45) is 0. The van der Waals surface area contributed by atoms with Crippen LogP contribution in [0.1, 0.15) is 21.5 Å². The lowest BCUT2D eigenvalue weighted by Crippen LogP contribution is -2.09. The average Bonchev–Trinajstić information content (AvgIpc) is 2.72. The molecule has 0 aliphatic carbocycles. The molecule has 2 aromatic rings. The Bertz CT molecular complexity index is 378. The van der Waals surface area contributed by atoms with Gasteiger partial charge in [-0.25, -0.2) is 0 Å². The van der Waals surface area contributed by atoms with E-state index >= 15 is 0 Å². The van der Waals surface area contributed by atoms with Crippen molar-refractivity contribution in [3.8, 4) is 0 Å². The molecule has 2 N–H and O–H groups in total. The van der Waals surface area contributed by atoms with Crippen LogP contribution in [-0.4, -0.2) is 4.37 Å². The first kappa shape index (κ1) is 8.87. The molecule has 2 rings (SSSR count). The molecule has 0 saturated heterocycles. The summed E-state index contributed by atoms with van der Waals surface area (Å²) in [4.78, 5) is 2.48. The SMILES string of the molecule is Cc1ccc(C(N)c2ccsn2)s1. The van der Waals surface area contributed by atoms with Gasteiger partial charge in [-0.1, -0.05) is 0 Å². The van der Waals surface area contributed by atoms with E-state index in [2.05, 4.69) is 23.4 Å². The summed E-state index contributed by atoms with van der Waals surface area (Å²) in [7, 11) is 0. The van der Waals surface area contributed by atoms with Crippen LogP contribution >= 0.6 is 22.9 Å². The van der Waals surface area contributed by atoms with Crippen LogP contribution < -0.4 is 5.73 Å². The monoisotopic (exact) mass is 210 g/mol. The molecule has 0 amide bonds. The van der Waals surface area contributed by atoms with Crippen molar-refractivity contribution in [2.75, 3.05) is 0 Å². The molecular weight excluding hydrogens is 200 g/mol. The van der Waals surface area contributed by atoms with E-state index < -0.39 is 0 Å². The maximum Gasteiger partial charge on any atom is 0.0831 e. The maximum absolute atomic E-state index is 6.03. The van der Waals surface area contributed by atoms with Crippen molar-refractivity contribution < 1.29 is 0 Å². The standard InChI is InChI=1S/C9H10N2S2/c1-6-2-3-8(13-6)9(10)7-4-5-12-11-7/h2-5,9H,10H2,1H3. The molecule has 0 saturated carbocycles. The van der Waals surface area contributed by atoms with Crippen molar-refractivity contribution in [3.05, 3.63) is 39.0 Å². The zero-order valence-corrected chi connectivity index (χ0v) is 8.86. The molecule has 0 fully saturated rings. The minimum Gasteiger partial charge on any atom is -0.318 e. The molecule has 0 spiro atoms.